The van der Waals surface area contributed by atoms with Gasteiger partial charge in [-0.25, -0.2) is 4.68 Å². The van der Waals surface area contributed by atoms with E-state index in [1.54, 1.807) is 14.2 Å². The Morgan fingerprint density at radius 1 is 1.00 bits per heavy atom. The Morgan fingerprint density at radius 3 is 2.56 bits per heavy atom. The molecule has 2 heterocycles. The monoisotopic (exact) mass is 530 g/mol. The van der Waals surface area contributed by atoms with Crippen LogP contribution >= 0.6 is 0 Å². The van der Waals surface area contributed by atoms with Crippen LogP contribution in [0.25, 0.3) is 10.9 Å². The van der Waals surface area contributed by atoms with Crippen LogP contribution in [0.4, 0.5) is 0 Å². The molecule has 0 saturated heterocycles. The summed E-state index contributed by atoms with van der Waals surface area (Å²) in [5.74, 6) is 2.26. The molecule has 1 saturated carbocycles. The standard InChI is InChI=1S/C30H38N6O3/c1-20-10-12-23-17-24(30(37)31-29(23)21(20)2)18-35(15-14-22-11-13-26(38-3)27(16-22)39-4)19-28-32-33-34-36(28)25-8-6-5-7-9-25/h10-13,16-17,25H,5-9,14-15,18-19H2,1-4H3,(H,31,37). The number of pyridine rings is 1. The van der Waals surface area contributed by atoms with Crippen molar-refractivity contribution in [2.24, 2.45) is 0 Å². The first-order chi connectivity index (χ1) is 19.0. The summed E-state index contributed by atoms with van der Waals surface area (Å²) in [7, 11) is 3.29. The zero-order chi connectivity index (χ0) is 27.4. The van der Waals surface area contributed by atoms with E-state index in [1.807, 2.05) is 29.8 Å². The lowest BCUT2D eigenvalue weighted by atomic mass is 9.95. The smallest absolute Gasteiger partial charge is 0.252 e. The van der Waals surface area contributed by atoms with Crippen molar-refractivity contribution in [3.8, 4) is 11.5 Å². The Kier molecular flexibility index (Phi) is 8.26. The number of benzene rings is 2. The molecule has 39 heavy (non-hydrogen) atoms. The van der Waals surface area contributed by atoms with Crippen LogP contribution in [0.3, 0.4) is 0 Å². The molecular weight excluding hydrogens is 492 g/mol. The van der Waals surface area contributed by atoms with Gasteiger partial charge in [0.15, 0.2) is 17.3 Å². The number of tetrazole rings is 1. The quantitative estimate of drug-likeness (QED) is 0.311. The summed E-state index contributed by atoms with van der Waals surface area (Å²) in [5, 5.41) is 13.8. The first kappa shape index (κ1) is 26.9. The molecule has 9 nitrogen and oxygen atoms in total. The highest BCUT2D eigenvalue weighted by Crippen LogP contribution is 2.29. The van der Waals surface area contributed by atoms with Crippen molar-refractivity contribution in [2.45, 2.75) is 71.5 Å². The number of nitrogens with one attached hydrogen (secondary N) is 1. The topological polar surface area (TPSA) is 98.2 Å². The summed E-state index contributed by atoms with van der Waals surface area (Å²) in [6.07, 6.45) is 6.67. The Morgan fingerprint density at radius 2 is 1.79 bits per heavy atom. The van der Waals surface area contributed by atoms with Crippen molar-refractivity contribution in [3.05, 3.63) is 74.8 Å². The van der Waals surface area contributed by atoms with Gasteiger partial charge in [0, 0.05) is 18.7 Å². The largest absolute Gasteiger partial charge is 0.493 e. The lowest BCUT2D eigenvalue weighted by Gasteiger charge is -2.25. The number of rotatable bonds is 10. The van der Waals surface area contributed by atoms with Crippen molar-refractivity contribution in [1.82, 2.24) is 30.1 Å². The van der Waals surface area contributed by atoms with Crippen LogP contribution in [0.15, 0.2) is 41.2 Å². The van der Waals surface area contributed by atoms with Crippen LogP contribution in [0.5, 0.6) is 11.5 Å². The number of aromatic amines is 1. The van der Waals surface area contributed by atoms with Gasteiger partial charge in [-0.3, -0.25) is 9.69 Å². The number of nitrogens with zero attached hydrogens (tertiary/aromatic N) is 5. The molecule has 1 fully saturated rings. The zero-order valence-corrected chi connectivity index (χ0v) is 23.4. The van der Waals surface area contributed by atoms with Crippen LogP contribution in [0, 0.1) is 13.8 Å². The molecule has 0 spiro atoms. The van der Waals surface area contributed by atoms with Crippen LogP contribution in [-0.4, -0.2) is 50.9 Å². The van der Waals surface area contributed by atoms with E-state index >= 15 is 0 Å². The van der Waals surface area contributed by atoms with E-state index < -0.39 is 0 Å². The molecule has 2 aromatic carbocycles. The second-order valence-corrected chi connectivity index (χ2v) is 10.6. The molecule has 206 valence electrons. The minimum absolute atomic E-state index is 0.0563. The SMILES string of the molecule is COc1ccc(CCN(Cc2cc3ccc(C)c(C)c3[nH]c2=O)Cc2nnnn2C2CCCCC2)cc1OC. The van der Waals surface area contributed by atoms with E-state index in [1.165, 1.54) is 19.3 Å². The molecule has 4 aromatic rings. The number of ether oxygens (including phenoxy) is 2. The number of methoxy groups -OCH3 is 2. The number of aryl methyl sites for hydroxylation is 2. The minimum atomic E-state index is -0.0563. The maximum Gasteiger partial charge on any atom is 0.252 e. The van der Waals surface area contributed by atoms with E-state index in [2.05, 4.69) is 50.5 Å². The summed E-state index contributed by atoms with van der Waals surface area (Å²) < 4.78 is 12.9. The first-order valence-electron chi connectivity index (χ1n) is 13.8. The highest BCUT2D eigenvalue weighted by Gasteiger charge is 2.22. The Bertz CT molecular complexity index is 1490. The van der Waals surface area contributed by atoms with E-state index in [4.69, 9.17) is 9.47 Å². The number of H-pyrrole nitrogens is 1. The van der Waals surface area contributed by atoms with E-state index in [-0.39, 0.29) is 5.56 Å². The van der Waals surface area contributed by atoms with Gasteiger partial charge in [-0.15, -0.1) is 5.10 Å². The van der Waals surface area contributed by atoms with Crippen molar-refractivity contribution in [1.29, 1.82) is 0 Å². The molecule has 1 N–H and O–H groups in total. The van der Waals surface area contributed by atoms with Crippen molar-refractivity contribution < 1.29 is 9.47 Å². The van der Waals surface area contributed by atoms with Gasteiger partial charge in [0.05, 0.1) is 32.3 Å². The Balaban J connectivity index is 1.42. The summed E-state index contributed by atoms with van der Waals surface area (Å²) in [6.45, 7) is 5.88. The van der Waals surface area contributed by atoms with Crippen LogP contribution in [-0.2, 0) is 19.5 Å². The number of fused-ring (bicyclic) bond motifs is 1. The van der Waals surface area contributed by atoms with Gasteiger partial charge in [0.2, 0.25) is 0 Å². The van der Waals surface area contributed by atoms with Crippen molar-refractivity contribution >= 4 is 10.9 Å². The highest BCUT2D eigenvalue weighted by atomic mass is 16.5. The van der Waals surface area contributed by atoms with Gasteiger partial charge < -0.3 is 14.5 Å². The lowest BCUT2D eigenvalue weighted by Crippen LogP contribution is -2.30. The van der Waals surface area contributed by atoms with Crippen LogP contribution in [0.1, 0.15) is 66.2 Å². The third kappa shape index (κ3) is 5.98. The van der Waals surface area contributed by atoms with Crippen molar-refractivity contribution in [3.63, 3.8) is 0 Å². The summed E-state index contributed by atoms with van der Waals surface area (Å²) in [5.41, 5.74) is 4.98. The number of hydrogen-bond acceptors (Lipinski definition) is 7. The van der Waals surface area contributed by atoms with E-state index in [9.17, 15) is 4.79 Å². The summed E-state index contributed by atoms with van der Waals surface area (Å²) in [6, 6.07) is 12.5. The summed E-state index contributed by atoms with van der Waals surface area (Å²) >= 11 is 0. The van der Waals surface area contributed by atoms with Gasteiger partial charge in [-0.05, 0) is 83.8 Å². The predicted molar refractivity (Wildman–Crippen MR) is 151 cm³/mol. The fourth-order valence-corrected chi connectivity index (χ4v) is 5.59. The first-order valence-corrected chi connectivity index (χ1v) is 13.8. The fraction of sp³-hybridized carbons (Fsp3) is 0.467. The lowest BCUT2D eigenvalue weighted by molar-refractivity contribution is 0.235. The average molecular weight is 531 g/mol. The van der Waals surface area contributed by atoms with E-state index in [0.717, 1.165) is 64.8 Å². The van der Waals surface area contributed by atoms with Gasteiger partial charge in [-0.1, -0.05) is 37.5 Å². The third-order valence-corrected chi connectivity index (χ3v) is 8.03. The Hall–Kier alpha value is -3.72. The molecule has 0 amide bonds. The van der Waals surface area contributed by atoms with Crippen LogP contribution in [0.2, 0.25) is 0 Å². The molecule has 0 aliphatic heterocycles. The maximum atomic E-state index is 13.2. The van der Waals surface area contributed by atoms with Gasteiger partial charge in [0.25, 0.3) is 5.56 Å². The van der Waals surface area contributed by atoms with Gasteiger partial charge in [0.1, 0.15) is 0 Å². The molecule has 0 atom stereocenters. The van der Waals surface area contributed by atoms with E-state index in [0.29, 0.717) is 30.6 Å². The van der Waals surface area contributed by atoms with Crippen LogP contribution < -0.4 is 15.0 Å². The summed E-state index contributed by atoms with van der Waals surface area (Å²) in [4.78, 5) is 18.6. The third-order valence-electron chi connectivity index (χ3n) is 8.03. The number of aromatic nitrogens is 5. The molecule has 1 aliphatic carbocycles. The van der Waals surface area contributed by atoms with Gasteiger partial charge >= 0.3 is 0 Å². The van der Waals surface area contributed by atoms with Crippen molar-refractivity contribution in [2.75, 3.05) is 20.8 Å². The fourth-order valence-electron chi connectivity index (χ4n) is 5.59. The zero-order valence-electron chi connectivity index (χ0n) is 23.4. The molecule has 9 heteroatoms. The second-order valence-electron chi connectivity index (χ2n) is 10.6. The predicted octanol–water partition coefficient (Wildman–Crippen LogP) is 4.90. The second kappa shape index (κ2) is 12.0. The molecule has 2 aromatic heterocycles. The molecular formula is C30H38N6O3. The maximum absolute atomic E-state index is 13.2. The minimum Gasteiger partial charge on any atom is -0.493 e. The average Bonchev–Trinajstić information content (AvgIpc) is 3.43. The molecule has 0 unspecified atom stereocenters. The Labute approximate surface area is 229 Å². The normalized spacial score (nSPS) is 14.3. The highest BCUT2D eigenvalue weighted by molar-refractivity contribution is 5.83. The molecule has 0 bridgehead atoms. The number of hydrogen-bond donors (Lipinski definition) is 1. The molecule has 0 radical (unpaired) electrons. The van der Waals surface area contributed by atoms with Gasteiger partial charge in [-0.2, -0.15) is 0 Å². The molecule has 1 aliphatic rings. The molecule has 5 rings (SSSR count).